The van der Waals surface area contributed by atoms with Crippen LogP contribution in [0.25, 0.3) is 0 Å². The van der Waals surface area contributed by atoms with Gasteiger partial charge in [0, 0.05) is 0 Å². The molecule has 0 unspecified atom stereocenters. The molecule has 1 aromatic rings. The Morgan fingerprint density at radius 3 is 2.42 bits per heavy atom. The number of nitrogens with zero attached hydrogens (tertiary/aromatic N) is 1. The Morgan fingerprint density at radius 2 is 2.00 bits per heavy atom. The van der Waals surface area contributed by atoms with Crippen molar-refractivity contribution in [2.45, 2.75) is 40.3 Å². The van der Waals surface area contributed by atoms with Gasteiger partial charge in [-0.1, -0.05) is 13.8 Å². The molecule has 0 aliphatic rings. The lowest BCUT2D eigenvalue weighted by Crippen LogP contribution is -2.48. The van der Waals surface area contributed by atoms with Crippen LogP contribution in [0.3, 0.4) is 0 Å². The van der Waals surface area contributed by atoms with E-state index in [2.05, 4.69) is 15.6 Å². The van der Waals surface area contributed by atoms with Gasteiger partial charge in [0.2, 0.25) is 5.89 Å². The number of rotatable bonds is 5. The van der Waals surface area contributed by atoms with Crippen LogP contribution in [-0.4, -0.2) is 28.1 Å². The number of hydrogen-bond acceptors (Lipinski definition) is 4. The summed E-state index contributed by atoms with van der Waals surface area (Å²) in [6.45, 7) is 7.15. The van der Waals surface area contributed by atoms with Crippen molar-refractivity contribution in [1.82, 2.24) is 15.6 Å². The molecule has 0 aromatic carbocycles. The molecule has 7 heteroatoms. The van der Waals surface area contributed by atoms with Gasteiger partial charge in [-0.2, -0.15) is 0 Å². The zero-order valence-corrected chi connectivity index (χ0v) is 11.5. The molecule has 7 nitrogen and oxygen atoms in total. The lowest BCUT2D eigenvalue weighted by atomic mass is 10.1. The Balaban J connectivity index is 2.49. The Labute approximate surface area is 111 Å². The third-order valence-electron chi connectivity index (χ3n) is 2.69. The predicted molar refractivity (Wildman–Crippen MR) is 67.6 cm³/mol. The van der Waals surface area contributed by atoms with Crippen molar-refractivity contribution in [2.75, 3.05) is 0 Å². The van der Waals surface area contributed by atoms with E-state index >= 15 is 0 Å². The largest absolute Gasteiger partial charge is 0.480 e. The molecule has 1 atom stereocenters. The van der Waals surface area contributed by atoms with Gasteiger partial charge in [0.15, 0.2) is 0 Å². The molecule has 0 saturated carbocycles. The van der Waals surface area contributed by atoms with E-state index in [1.807, 2.05) is 6.92 Å². The highest BCUT2D eigenvalue weighted by atomic mass is 16.4. The van der Waals surface area contributed by atoms with E-state index in [0.29, 0.717) is 11.7 Å². The van der Waals surface area contributed by atoms with E-state index in [1.165, 1.54) is 0 Å². The second-order valence-electron chi connectivity index (χ2n) is 4.64. The Bertz CT molecular complexity index is 448. The van der Waals surface area contributed by atoms with Crippen molar-refractivity contribution in [2.24, 2.45) is 5.92 Å². The fraction of sp³-hybridized carbons (Fsp3) is 0.583. The van der Waals surface area contributed by atoms with Crippen molar-refractivity contribution in [3.05, 3.63) is 17.3 Å². The summed E-state index contributed by atoms with van der Waals surface area (Å²) >= 11 is 0. The molecule has 0 aliphatic carbocycles. The van der Waals surface area contributed by atoms with E-state index < -0.39 is 18.0 Å². The van der Waals surface area contributed by atoms with Gasteiger partial charge in [0.05, 0.1) is 12.2 Å². The van der Waals surface area contributed by atoms with E-state index in [4.69, 9.17) is 9.52 Å². The summed E-state index contributed by atoms with van der Waals surface area (Å²) in [6, 6.07) is -1.48. The van der Waals surface area contributed by atoms with Crippen LogP contribution in [-0.2, 0) is 11.3 Å². The number of hydrogen-bond donors (Lipinski definition) is 3. The molecular formula is C12H19N3O4. The number of carboxylic acid groups (broad SMARTS) is 1. The molecule has 19 heavy (non-hydrogen) atoms. The van der Waals surface area contributed by atoms with Gasteiger partial charge in [-0.05, 0) is 19.8 Å². The molecule has 1 rings (SSSR count). The first-order valence-corrected chi connectivity index (χ1v) is 6.01. The number of amides is 2. The summed E-state index contributed by atoms with van der Waals surface area (Å²) in [5, 5.41) is 13.8. The maximum absolute atomic E-state index is 11.6. The Morgan fingerprint density at radius 1 is 1.37 bits per heavy atom. The first-order chi connectivity index (χ1) is 8.81. The minimum atomic E-state index is -1.06. The summed E-state index contributed by atoms with van der Waals surface area (Å²) in [4.78, 5) is 26.6. The van der Waals surface area contributed by atoms with Crippen molar-refractivity contribution in [3.8, 4) is 0 Å². The average Bonchev–Trinajstić information content (AvgIpc) is 2.62. The quantitative estimate of drug-likeness (QED) is 0.745. The van der Waals surface area contributed by atoms with Crippen LogP contribution in [0.5, 0.6) is 0 Å². The lowest BCUT2D eigenvalue weighted by Gasteiger charge is -2.17. The minimum absolute atomic E-state index is 0.116. The summed E-state index contributed by atoms with van der Waals surface area (Å²) in [7, 11) is 0. The maximum Gasteiger partial charge on any atom is 0.326 e. The molecule has 1 heterocycles. The number of aromatic nitrogens is 1. The molecule has 0 radical (unpaired) electrons. The smallest absolute Gasteiger partial charge is 0.326 e. The zero-order chi connectivity index (χ0) is 14.6. The second-order valence-corrected chi connectivity index (χ2v) is 4.64. The number of carboxylic acids is 1. The van der Waals surface area contributed by atoms with Gasteiger partial charge in [-0.25, -0.2) is 14.6 Å². The molecular weight excluding hydrogens is 250 g/mol. The molecule has 0 fully saturated rings. The van der Waals surface area contributed by atoms with E-state index in [0.717, 1.165) is 5.69 Å². The van der Waals surface area contributed by atoms with Crippen LogP contribution in [0.1, 0.15) is 31.2 Å². The van der Waals surface area contributed by atoms with Crippen LogP contribution in [0, 0.1) is 19.8 Å². The fourth-order valence-electron chi connectivity index (χ4n) is 1.48. The predicted octanol–water partition coefficient (Wildman–Crippen LogP) is 1.20. The fourth-order valence-corrected chi connectivity index (χ4v) is 1.48. The summed E-state index contributed by atoms with van der Waals surface area (Å²) in [5.74, 6) is -0.174. The number of urea groups is 1. The number of oxazole rings is 1. The molecule has 1 aromatic heterocycles. The lowest BCUT2D eigenvalue weighted by molar-refractivity contribution is -0.140. The van der Waals surface area contributed by atoms with Crippen LogP contribution in [0.15, 0.2) is 4.42 Å². The van der Waals surface area contributed by atoms with E-state index in [-0.39, 0.29) is 12.5 Å². The normalized spacial score (nSPS) is 12.3. The van der Waals surface area contributed by atoms with Gasteiger partial charge in [-0.3, -0.25) is 0 Å². The van der Waals surface area contributed by atoms with Gasteiger partial charge >= 0.3 is 12.0 Å². The third-order valence-corrected chi connectivity index (χ3v) is 2.69. The summed E-state index contributed by atoms with van der Waals surface area (Å²) in [6.07, 6.45) is 0. The molecule has 3 N–H and O–H groups in total. The van der Waals surface area contributed by atoms with Crippen LogP contribution < -0.4 is 10.6 Å². The second kappa shape index (κ2) is 6.21. The number of nitrogens with one attached hydrogen (secondary N) is 2. The number of aliphatic carboxylic acids is 1. The zero-order valence-electron chi connectivity index (χ0n) is 11.5. The first-order valence-electron chi connectivity index (χ1n) is 6.01. The van der Waals surface area contributed by atoms with E-state index in [1.54, 1.807) is 20.8 Å². The SMILES string of the molecule is Cc1nc(CNC(=O)N[C@@H](C(=O)O)C(C)C)oc1C. The standard InChI is InChI=1S/C12H19N3O4/c1-6(2)10(11(16)17)15-12(18)13-5-9-14-7(3)8(4)19-9/h6,10H,5H2,1-4H3,(H,16,17)(H2,13,15,18)/t10-/m1/s1. The summed E-state index contributed by atoms with van der Waals surface area (Å²) < 4.78 is 5.29. The topological polar surface area (TPSA) is 104 Å². The van der Waals surface area contributed by atoms with Gasteiger partial charge in [-0.15, -0.1) is 0 Å². The average molecular weight is 269 g/mol. The van der Waals surface area contributed by atoms with E-state index in [9.17, 15) is 9.59 Å². The monoisotopic (exact) mass is 269 g/mol. The third kappa shape index (κ3) is 4.27. The van der Waals surface area contributed by atoms with Crippen molar-refractivity contribution in [3.63, 3.8) is 0 Å². The van der Waals surface area contributed by atoms with Crippen molar-refractivity contribution in [1.29, 1.82) is 0 Å². The molecule has 106 valence electrons. The molecule has 0 saturated heterocycles. The highest BCUT2D eigenvalue weighted by molar-refractivity contribution is 5.82. The van der Waals surface area contributed by atoms with Gasteiger partial charge in [0.25, 0.3) is 0 Å². The maximum atomic E-state index is 11.6. The Hall–Kier alpha value is -2.05. The highest BCUT2D eigenvalue weighted by Crippen LogP contribution is 2.07. The highest BCUT2D eigenvalue weighted by Gasteiger charge is 2.23. The van der Waals surface area contributed by atoms with Crippen molar-refractivity contribution >= 4 is 12.0 Å². The Kier molecular flexibility index (Phi) is 4.91. The molecule has 0 spiro atoms. The number of aryl methyl sites for hydroxylation is 2. The van der Waals surface area contributed by atoms with Gasteiger partial charge in [0.1, 0.15) is 11.8 Å². The van der Waals surface area contributed by atoms with Crippen LogP contribution in [0.4, 0.5) is 4.79 Å². The first kappa shape index (κ1) is 15.0. The number of carbonyl (C=O) groups is 2. The number of carbonyl (C=O) groups excluding carboxylic acids is 1. The van der Waals surface area contributed by atoms with Gasteiger partial charge < -0.3 is 20.2 Å². The molecule has 2 amide bonds. The minimum Gasteiger partial charge on any atom is -0.480 e. The van der Waals surface area contributed by atoms with Crippen LogP contribution >= 0.6 is 0 Å². The van der Waals surface area contributed by atoms with Crippen molar-refractivity contribution < 1.29 is 19.1 Å². The van der Waals surface area contributed by atoms with Crippen LogP contribution in [0.2, 0.25) is 0 Å². The summed E-state index contributed by atoms with van der Waals surface area (Å²) in [5.41, 5.74) is 0.766. The molecule has 0 aliphatic heterocycles. The molecule has 0 bridgehead atoms.